The van der Waals surface area contributed by atoms with E-state index in [4.69, 9.17) is 5.73 Å². The summed E-state index contributed by atoms with van der Waals surface area (Å²) in [7, 11) is 1.68. The van der Waals surface area contributed by atoms with Crippen molar-refractivity contribution < 1.29 is 9.90 Å². The van der Waals surface area contributed by atoms with Crippen LogP contribution in [0, 0.1) is 6.92 Å². The van der Waals surface area contributed by atoms with Gasteiger partial charge < -0.3 is 15.7 Å². The van der Waals surface area contributed by atoms with Crippen molar-refractivity contribution in [1.29, 1.82) is 0 Å². The van der Waals surface area contributed by atoms with E-state index in [1.807, 2.05) is 26.0 Å². The lowest BCUT2D eigenvalue weighted by atomic mass is 10.0. The van der Waals surface area contributed by atoms with Gasteiger partial charge in [-0.2, -0.15) is 0 Å². The highest BCUT2D eigenvalue weighted by Crippen LogP contribution is 2.28. The zero-order chi connectivity index (χ0) is 12.3. The smallest absolute Gasteiger partial charge is 0.236 e. The van der Waals surface area contributed by atoms with Gasteiger partial charge in [0.1, 0.15) is 5.75 Å². The Morgan fingerprint density at radius 3 is 2.69 bits per heavy atom. The molecule has 16 heavy (non-hydrogen) atoms. The Bertz CT molecular complexity index is 391. The summed E-state index contributed by atoms with van der Waals surface area (Å²) in [4.78, 5) is 13.0. The average Bonchev–Trinajstić information content (AvgIpc) is 2.26. The van der Waals surface area contributed by atoms with E-state index in [9.17, 15) is 9.90 Å². The molecule has 0 aliphatic rings. The monoisotopic (exact) mass is 222 g/mol. The third-order valence-electron chi connectivity index (χ3n) is 2.78. The lowest BCUT2D eigenvalue weighted by Gasteiger charge is -2.25. The molecule has 1 amide bonds. The fourth-order valence-corrected chi connectivity index (χ4v) is 1.58. The number of likely N-dealkylation sites (N-methyl/N-ethyl adjacent to an activating group) is 1. The maximum absolute atomic E-state index is 11.4. The molecular formula is C12H18N2O2. The molecule has 0 saturated carbocycles. The first-order chi connectivity index (χ1) is 7.47. The molecule has 0 bridgehead atoms. The van der Waals surface area contributed by atoms with Gasteiger partial charge in [0, 0.05) is 12.6 Å². The van der Waals surface area contributed by atoms with E-state index < -0.39 is 0 Å². The fraction of sp³-hybridized carbons (Fsp3) is 0.417. The predicted molar refractivity (Wildman–Crippen MR) is 63.1 cm³/mol. The number of benzene rings is 1. The molecule has 1 unspecified atom stereocenters. The van der Waals surface area contributed by atoms with Crippen LogP contribution in [0.2, 0.25) is 0 Å². The highest BCUT2D eigenvalue weighted by atomic mass is 16.3. The molecule has 1 aromatic rings. The molecule has 0 aliphatic carbocycles. The molecule has 0 heterocycles. The largest absolute Gasteiger partial charge is 0.508 e. The van der Waals surface area contributed by atoms with E-state index in [1.165, 1.54) is 4.90 Å². The van der Waals surface area contributed by atoms with E-state index in [0.717, 1.165) is 11.1 Å². The lowest BCUT2D eigenvalue weighted by molar-refractivity contribution is -0.130. The maximum Gasteiger partial charge on any atom is 0.236 e. The molecule has 0 radical (unpaired) electrons. The van der Waals surface area contributed by atoms with Crippen molar-refractivity contribution in [2.24, 2.45) is 5.73 Å². The Morgan fingerprint density at radius 2 is 2.19 bits per heavy atom. The molecule has 0 aromatic heterocycles. The summed E-state index contributed by atoms with van der Waals surface area (Å²) in [5.41, 5.74) is 7.02. The van der Waals surface area contributed by atoms with Gasteiger partial charge in [-0.25, -0.2) is 0 Å². The number of aryl methyl sites for hydroxylation is 1. The number of hydrogen-bond acceptors (Lipinski definition) is 3. The first kappa shape index (κ1) is 12.5. The van der Waals surface area contributed by atoms with Crippen LogP contribution >= 0.6 is 0 Å². The number of rotatable bonds is 3. The summed E-state index contributed by atoms with van der Waals surface area (Å²) in [5, 5.41) is 9.80. The summed E-state index contributed by atoms with van der Waals surface area (Å²) in [6.45, 7) is 3.74. The number of carbonyl (C=O) groups excluding carboxylic acids is 1. The van der Waals surface area contributed by atoms with Crippen LogP contribution in [-0.4, -0.2) is 29.5 Å². The van der Waals surface area contributed by atoms with Crippen LogP contribution in [0.5, 0.6) is 5.75 Å². The topological polar surface area (TPSA) is 66.6 Å². The molecule has 1 atom stereocenters. The minimum atomic E-state index is -0.184. The summed E-state index contributed by atoms with van der Waals surface area (Å²) in [6, 6.07) is 5.24. The number of phenolic OH excluding ortho intramolecular Hbond substituents is 1. The molecule has 1 rings (SSSR count). The molecule has 0 saturated heterocycles. The minimum Gasteiger partial charge on any atom is -0.508 e. The van der Waals surface area contributed by atoms with Crippen molar-refractivity contribution in [1.82, 2.24) is 4.90 Å². The zero-order valence-corrected chi connectivity index (χ0v) is 9.90. The molecule has 88 valence electrons. The highest BCUT2D eigenvalue weighted by Gasteiger charge is 2.18. The second-order valence-electron chi connectivity index (χ2n) is 3.95. The van der Waals surface area contributed by atoms with E-state index in [0.29, 0.717) is 0 Å². The van der Waals surface area contributed by atoms with Gasteiger partial charge in [-0.05, 0) is 25.5 Å². The van der Waals surface area contributed by atoms with Crippen LogP contribution in [0.25, 0.3) is 0 Å². The van der Waals surface area contributed by atoms with Crippen molar-refractivity contribution in [2.45, 2.75) is 19.9 Å². The van der Waals surface area contributed by atoms with Gasteiger partial charge in [0.2, 0.25) is 5.91 Å². The molecule has 0 spiro atoms. The van der Waals surface area contributed by atoms with Crippen molar-refractivity contribution >= 4 is 5.91 Å². The van der Waals surface area contributed by atoms with E-state index >= 15 is 0 Å². The van der Waals surface area contributed by atoms with E-state index in [1.54, 1.807) is 13.1 Å². The standard InChI is InChI=1S/C12H18N2O2/c1-8-4-5-10(11(15)6-8)9(2)14(3)12(16)7-13/h4-6,9,15H,7,13H2,1-3H3. The number of hydrogen-bond donors (Lipinski definition) is 2. The van der Waals surface area contributed by atoms with Crippen molar-refractivity contribution in [2.75, 3.05) is 13.6 Å². The summed E-state index contributed by atoms with van der Waals surface area (Å²) in [5.74, 6) is 0.0663. The Morgan fingerprint density at radius 1 is 1.56 bits per heavy atom. The summed E-state index contributed by atoms with van der Waals surface area (Å²) >= 11 is 0. The molecule has 4 heteroatoms. The van der Waals surface area contributed by atoms with Crippen LogP contribution < -0.4 is 5.73 Å². The quantitative estimate of drug-likeness (QED) is 0.807. The first-order valence-electron chi connectivity index (χ1n) is 5.22. The fourth-order valence-electron chi connectivity index (χ4n) is 1.58. The van der Waals surface area contributed by atoms with Gasteiger partial charge in [-0.1, -0.05) is 12.1 Å². The first-order valence-corrected chi connectivity index (χ1v) is 5.22. The Hall–Kier alpha value is -1.55. The van der Waals surface area contributed by atoms with Gasteiger partial charge in [-0.15, -0.1) is 0 Å². The number of phenols is 1. The molecule has 0 aliphatic heterocycles. The molecular weight excluding hydrogens is 204 g/mol. The van der Waals surface area contributed by atoms with Crippen LogP contribution in [0.1, 0.15) is 24.1 Å². The van der Waals surface area contributed by atoms with Crippen molar-refractivity contribution in [3.63, 3.8) is 0 Å². The molecule has 1 aromatic carbocycles. The number of nitrogens with zero attached hydrogens (tertiary/aromatic N) is 1. The molecule has 3 N–H and O–H groups in total. The Balaban J connectivity index is 2.96. The highest BCUT2D eigenvalue weighted by molar-refractivity contribution is 5.78. The van der Waals surface area contributed by atoms with Gasteiger partial charge >= 0.3 is 0 Å². The number of aromatic hydroxyl groups is 1. The molecule has 4 nitrogen and oxygen atoms in total. The van der Waals surface area contributed by atoms with Crippen LogP contribution in [0.15, 0.2) is 18.2 Å². The van der Waals surface area contributed by atoms with E-state index in [2.05, 4.69) is 0 Å². The van der Waals surface area contributed by atoms with Crippen molar-refractivity contribution in [3.8, 4) is 5.75 Å². The summed E-state index contributed by atoms with van der Waals surface area (Å²) < 4.78 is 0. The second kappa shape index (κ2) is 4.99. The maximum atomic E-state index is 11.4. The summed E-state index contributed by atoms with van der Waals surface area (Å²) in [6.07, 6.45) is 0. The van der Waals surface area contributed by atoms with Crippen LogP contribution in [0.4, 0.5) is 0 Å². The molecule has 0 fully saturated rings. The Labute approximate surface area is 95.7 Å². The lowest BCUT2D eigenvalue weighted by Crippen LogP contribution is -2.34. The zero-order valence-electron chi connectivity index (χ0n) is 9.90. The van der Waals surface area contributed by atoms with Gasteiger partial charge in [0.05, 0.1) is 12.6 Å². The predicted octanol–water partition coefficient (Wildman–Crippen LogP) is 1.18. The van der Waals surface area contributed by atoms with Gasteiger partial charge in [0.15, 0.2) is 0 Å². The number of nitrogens with two attached hydrogens (primary N) is 1. The Kier molecular flexibility index (Phi) is 3.90. The van der Waals surface area contributed by atoms with E-state index in [-0.39, 0.29) is 24.2 Å². The number of amides is 1. The third kappa shape index (κ3) is 2.52. The second-order valence-corrected chi connectivity index (χ2v) is 3.95. The SMILES string of the molecule is Cc1ccc(C(C)N(C)C(=O)CN)c(O)c1. The van der Waals surface area contributed by atoms with Gasteiger partial charge in [-0.3, -0.25) is 4.79 Å². The van der Waals surface area contributed by atoms with Crippen LogP contribution in [-0.2, 0) is 4.79 Å². The minimum absolute atomic E-state index is 0.0204. The normalized spacial score (nSPS) is 12.2. The van der Waals surface area contributed by atoms with Crippen LogP contribution in [0.3, 0.4) is 0 Å². The third-order valence-corrected chi connectivity index (χ3v) is 2.78. The van der Waals surface area contributed by atoms with Gasteiger partial charge in [0.25, 0.3) is 0 Å². The van der Waals surface area contributed by atoms with Crippen molar-refractivity contribution in [3.05, 3.63) is 29.3 Å². The number of carbonyl (C=O) groups is 1. The average molecular weight is 222 g/mol.